The molecule has 4 aromatic rings. The van der Waals surface area contributed by atoms with Crippen LogP contribution in [-0.4, -0.2) is 25.1 Å². The molecule has 0 aliphatic heterocycles. The van der Waals surface area contributed by atoms with Crippen LogP contribution in [-0.2, 0) is 0 Å². The number of anilines is 1. The van der Waals surface area contributed by atoms with Crippen molar-refractivity contribution < 1.29 is 14.3 Å². The van der Waals surface area contributed by atoms with Crippen molar-refractivity contribution in [2.24, 2.45) is 0 Å². The molecule has 0 saturated heterocycles. The Balaban J connectivity index is 1.79. The average molecular weight is 463 g/mol. The zero-order valence-corrected chi connectivity index (χ0v) is 18.1. The van der Waals surface area contributed by atoms with Crippen LogP contribution < -0.4 is 14.8 Å². The van der Waals surface area contributed by atoms with Crippen LogP contribution in [0.15, 0.2) is 77.3 Å². The SMILES string of the molecule is COc1ccc(OC)c(NC(=O)c2cc(-c3ccc(Br)cc3)nc3ccccc23)c1. The molecule has 0 saturated carbocycles. The molecule has 1 N–H and O–H groups in total. The number of ether oxygens (including phenoxy) is 2. The van der Waals surface area contributed by atoms with Crippen LogP contribution in [0, 0.1) is 0 Å². The molecule has 0 aliphatic carbocycles. The quantitative estimate of drug-likeness (QED) is 0.398. The minimum Gasteiger partial charge on any atom is -0.497 e. The number of aromatic nitrogens is 1. The molecule has 1 amide bonds. The van der Waals surface area contributed by atoms with Gasteiger partial charge in [-0.1, -0.05) is 46.3 Å². The van der Waals surface area contributed by atoms with E-state index in [1.807, 2.05) is 54.6 Å². The molecule has 3 aromatic carbocycles. The van der Waals surface area contributed by atoms with Crippen molar-refractivity contribution in [1.82, 2.24) is 4.98 Å². The van der Waals surface area contributed by atoms with Gasteiger partial charge in [0.25, 0.3) is 5.91 Å². The molecule has 1 heterocycles. The van der Waals surface area contributed by atoms with Crippen molar-refractivity contribution >= 4 is 38.4 Å². The molecule has 6 heteroatoms. The van der Waals surface area contributed by atoms with Gasteiger partial charge >= 0.3 is 0 Å². The molecule has 0 atom stereocenters. The average Bonchev–Trinajstić information content (AvgIpc) is 2.78. The van der Waals surface area contributed by atoms with Crippen molar-refractivity contribution in [2.75, 3.05) is 19.5 Å². The maximum Gasteiger partial charge on any atom is 0.256 e. The fraction of sp³-hybridized carbons (Fsp3) is 0.0833. The van der Waals surface area contributed by atoms with E-state index in [2.05, 4.69) is 21.2 Å². The smallest absolute Gasteiger partial charge is 0.256 e. The first-order chi connectivity index (χ1) is 14.6. The van der Waals surface area contributed by atoms with E-state index in [-0.39, 0.29) is 5.91 Å². The lowest BCUT2D eigenvalue weighted by atomic mass is 10.0. The van der Waals surface area contributed by atoms with E-state index in [1.165, 1.54) is 0 Å². The van der Waals surface area contributed by atoms with Gasteiger partial charge in [0.05, 0.1) is 36.7 Å². The van der Waals surface area contributed by atoms with E-state index in [1.54, 1.807) is 32.4 Å². The largest absolute Gasteiger partial charge is 0.497 e. The topological polar surface area (TPSA) is 60.5 Å². The highest BCUT2D eigenvalue weighted by molar-refractivity contribution is 9.10. The Morgan fingerprint density at radius 3 is 2.43 bits per heavy atom. The Labute approximate surface area is 182 Å². The number of nitrogens with zero attached hydrogens (tertiary/aromatic N) is 1. The standard InChI is InChI=1S/C24H19BrN2O3/c1-29-17-11-12-23(30-2)22(13-17)27-24(28)19-14-21(15-7-9-16(25)10-8-15)26-20-6-4-3-5-18(19)20/h3-14H,1-2H3,(H,27,28). The molecular weight excluding hydrogens is 444 g/mol. The third-order valence-electron chi connectivity index (χ3n) is 4.76. The lowest BCUT2D eigenvalue weighted by molar-refractivity contribution is 0.102. The van der Waals surface area contributed by atoms with E-state index in [4.69, 9.17) is 14.5 Å². The Morgan fingerprint density at radius 1 is 0.933 bits per heavy atom. The monoisotopic (exact) mass is 462 g/mol. The number of nitrogens with one attached hydrogen (secondary N) is 1. The summed E-state index contributed by atoms with van der Waals surface area (Å²) in [7, 11) is 3.14. The van der Waals surface area contributed by atoms with Crippen molar-refractivity contribution in [2.45, 2.75) is 0 Å². The van der Waals surface area contributed by atoms with E-state index < -0.39 is 0 Å². The van der Waals surface area contributed by atoms with Crippen LogP contribution in [0.25, 0.3) is 22.2 Å². The molecular formula is C24H19BrN2O3. The molecule has 5 nitrogen and oxygen atoms in total. The number of halogens is 1. The normalized spacial score (nSPS) is 10.6. The predicted octanol–water partition coefficient (Wildman–Crippen LogP) is 5.93. The van der Waals surface area contributed by atoms with Crippen LogP contribution in [0.5, 0.6) is 11.5 Å². The minimum atomic E-state index is -0.251. The molecule has 0 unspecified atom stereocenters. The molecule has 0 fully saturated rings. The number of pyridine rings is 1. The zero-order chi connectivity index (χ0) is 21.1. The maximum atomic E-state index is 13.3. The van der Waals surface area contributed by atoms with Gasteiger partial charge in [0.1, 0.15) is 11.5 Å². The maximum absolute atomic E-state index is 13.3. The Hall–Kier alpha value is -3.38. The van der Waals surface area contributed by atoms with Crippen LogP contribution in [0.3, 0.4) is 0 Å². The second kappa shape index (κ2) is 8.55. The number of fused-ring (bicyclic) bond motifs is 1. The third-order valence-corrected chi connectivity index (χ3v) is 5.28. The lowest BCUT2D eigenvalue weighted by Crippen LogP contribution is -2.14. The van der Waals surface area contributed by atoms with E-state index in [9.17, 15) is 4.79 Å². The van der Waals surface area contributed by atoms with Gasteiger partial charge in [0, 0.05) is 21.5 Å². The second-order valence-corrected chi connectivity index (χ2v) is 7.52. The number of carbonyl (C=O) groups is 1. The molecule has 0 aliphatic rings. The van der Waals surface area contributed by atoms with Crippen molar-refractivity contribution in [3.63, 3.8) is 0 Å². The summed E-state index contributed by atoms with van der Waals surface area (Å²) < 4.78 is 11.6. The Morgan fingerprint density at radius 2 is 1.70 bits per heavy atom. The number of benzene rings is 3. The van der Waals surface area contributed by atoms with E-state index in [0.29, 0.717) is 22.7 Å². The first-order valence-electron chi connectivity index (χ1n) is 9.28. The van der Waals surface area contributed by atoms with E-state index in [0.717, 1.165) is 26.6 Å². The van der Waals surface area contributed by atoms with Gasteiger partial charge in [0.2, 0.25) is 0 Å². The highest BCUT2D eigenvalue weighted by atomic mass is 79.9. The highest BCUT2D eigenvalue weighted by Crippen LogP contribution is 2.31. The summed E-state index contributed by atoms with van der Waals surface area (Å²) in [4.78, 5) is 18.0. The van der Waals surface area contributed by atoms with Gasteiger partial charge in [-0.25, -0.2) is 4.98 Å². The number of rotatable bonds is 5. The molecule has 150 valence electrons. The number of carbonyl (C=O) groups excluding carboxylic acids is 1. The molecule has 4 rings (SSSR count). The number of methoxy groups -OCH3 is 2. The first-order valence-corrected chi connectivity index (χ1v) is 10.1. The van der Waals surface area contributed by atoms with Crippen molar-refractivity contribution in [1.29, 1.82) is 0 Å². The third kappa shape index (κ3) is 4.00. The van der Waals surface area contributed by atoms with Crippen molar-refractivity contribution in [3.8, 4) is 22.8 Å². The summed E-state index contributed by atoms with van der Waals surface area (Å²) in [6.07, 6.45) is 0. The number of amides is 1. The fourth-order valence-corrected chi connectivity index (χ4v) is 3.50. The summed E-state index contributed by atoms with van der Waals surface area (Å²) in [5, 5.41) is 3.73. The van der Waals surface area contributed by atoms with Gasteiger partial charge in [-0.3, -0.25) is 4.79 Å². The highest BCUT2D eigenvalue weighted by Gasteiger charge is 2.16. The van der Waals surface area contributed by atoms with Crippen LogP contribution in [0.2, 0.25) is 0 Å². The van der Waals surface area contributed by atoms with Crippen LogP contribution in [0.1, 0.15) is 10.4 Å². The van der Waals surface area contributed by atoms with Crippen LogP contribution in [0.4, 0.5) is 5.69 Å². The molecule has 30 heavy (non-hydrogen) atoms. The van der Waals surface area contributed by atoms with Crippen LogP contribution >= 0.6 is 15.9 Å². The lowest BCUT2D eigenvalue weighted by Gasteiger charge is -2.14. The molecule has 0 radical (unpaired) electrons. The van der Waals surface area contributed by atoms with Gasteiger partial charge in [-0.2, -0.15) is 0 Å². The Bertz CT molecular complexity index is 1220. The van der Waals surface area contributed by atoms with Gasteiger partial charge in [0.15, 0.2) is 0 Å². The van der Waals surface area contributed by atoms with E-state index >= 15 is 0 Å². The summed E-state index contributed by atoms with van der Waals surface area (Å²) in [6.45, 7) is 0. The second-order valence-electron chi connectivity index (χ2n) is 6.60. The minimum absolute atomic E-state index is 0.251. The molecule has 0 bridgehead atoms. The first kappa shape index (κ1) is 19.9. The number of hydrogen-bond acceptors (Lipinski definition) is 4. The zero-order valence-electron chi connectivity index (χ0n) is 16.5. The summed E-state index contributed by atoms with van der Waals surface area (Å²) in [5.74, 6) is 0.926. The van der Waals surface area contributed by atoms with Gasteiger partial charge < -0.3 is 14.8 Å². The molecule has 0 spiro atoms. The Kier molecular flexibility index (Phi) is 5.68. The number of hydrogen-bond donors (Lipinski definition) is 1. The number of para-hydroxylation sites is 1. The summed E-state index contributed by atoms with van der Waals surface area (Å²) in [6, 6.07) is 22.5. The van der Waals surface area contributed by atoms with Gasteiger partial charge in [-0.15, -0.1) is 0 Å². The van der Waals surface area contributed by atoms with Gasteiger partial charge in [-0.05, 0) is 36.4 Å². The van der Waals surface area contributed by atoms with Crippen molar-refractivity contribution in [3.05, 3.63) is 82.8 Å². The molecule has 1 aromatic heterocycles. The predicted molar refractivity (Wildman–Crippen MR) is 122 cm³/mol. The fourth-order valence-electron chi connectivity index (χ4n) is 3.23. The summed E-state index contributed by atoms with van der Waals surface area (Å²) in [5.41, 5.74) is 3.47. The summed E-state index contributed by atoms with van der Waals surface area (Å²) >= 11 is 3.45.